The average Bonchev–Trinajstić information content (AvgIpc) is 3.44. The minimum absolute atomic E-state index is 0.0855. The predicted octanol–water partition coefficient (Wildman–Crippen LogP) is 22.8. The van der Waals surface area contributed by atoms with Crippen molar-refractivity contribution < 1.29 is 28.6 Å². The van der Waals surface area contributed by atoms with E-state index in [0.29, 0.717) is 19.3 Å². The van der Waals surface area contributed by atoms with Crippen LogP contribution < -0.4 is 0 Å². The van der Waals surface area contributed by atoms with E-state index < -0.39 is 6.10 Å². The second-order valence-electron chi connectivity index (χ2n) is 22.0. The fourth-order valence-electron chi connectivity index (χ4n) is 9.32. The van der Waals surface area contributed by atoms with Crippen molar-refractivity contribution in [3.8, 4) is 0 Å². The smallest absolute Gasteiger partial charge is 0.306 e. The molecule has 1 atom stereocenters. The third kappa shape index (κ3) is 63.2. The lowest BCUT2D eigenvalue weighted by molar-refractivity contribution is -0.167. The molecule has 0 aliphatic heterocycles. The van der Waals surface area contributed by atoms with Crippen LogP contribution in [-0.2, 0) is 28.6 Å². The third-order valence-electron chi connectivity index (χ3n) is 14.3. The Morgan fingerprint density at radius 2 is 0.500 bits per heavy atom. The Hall–Kier alpha value is -3.67. The zero-order valence-electron chi connectivity index (χ0n) is 51.4. The van der Waals surface area contributed by atoms with E-state index in [1.807, 2.05) is 0 Å². The van der Waals surface area contributed by atoms with Crippen molar-refractivity contribution in [1.82, 2.24) is 0 Å². The van der Waals surface area contributed by atoms with Gasteiger partial charge in [0.25, 0.3) is 0 Å². The molecule has 0 spiro atoms. The zero-order chi connectivity index (χ0) is 56.4. The molecule has 0 radical (unpaired) electrons. The summed E-state index contributed by atoms with van der Waals surface area (Å²) >= 11 is 0. The van der Waals surface area contributed by atoms with E-state index in [4.69, 9.17) is 14.2 Å². The molecule has 0 aliphatic rings. The lowest BCUT2D eigenvalue weighted by Gasteiger charge is -2.18. The first-order valence-electron chi connectivity index (χ1n) is 33.2. The number of ether oxygens (including phenoxy) is 3. The molecule has 448 valence electrons. The first kappa shape index (κ1) is 74.3. The van der Waals surface area contributed by atoms with Crippen molar-refractivity contribution in [2.75, 3.05) is 13.2 Å². The van der Waals surface area contributed by atoms with Crippen molar-refractivity contribution in [2.24, 2.45) is 0 Å². The summed E-state index contributed by atoms with van der Waals surface area (Å²) in [5, 5.41) is 0. The van der Waals surface area contributed by atoms with E-state index in [9.17, 15) is 14.4 Å². The molecule has 0 aromatic carbocycles. The number of carbonyl (C=O) groups excluding carboxylic acids is 3. The van der Waals surface area contributed by atoms with Crippen LogP contribution in [0.15, 0.2) is 97.2 Å². The molecule has 0 bridgehead atoms. The highest BCUT2D eigenvalue weighted by Crippen LogP contribution is 2.16. The van der Waals surface area contributed by atoms with Gasteiger partial charge in [0.1, 0.15) is 13.2 Å². The van der Waals surface area contributed by atoms with Crippen LogP contribution in [0.4, 0.5) is 0 Å². The van der Waals surface area contributed by atoms with E-state index in [-0.39, 0.29) is 31.1 Å². The molecule has 0 saturated carbocycles. The van der Waals surface area contributed by atoms with Gasteiger partial charge in [0.2, 0.25) is 0 Å². The second kappa shape index (κ2) is 65.8. The highest BCUT2D eigenvalue weighted by molar-refractivity contribution is 5.71. The fraction of sp³-hybridized carbons (Fsp3) is 0.736. The summed E-state index contributed by atoms with van der Waals surface area (Å²) in [7, 11) is 0. The molecule has 0 saturated heterocycles. The van der Waals surface area contributed by atoms with Gasteiger partial charge in [-0.15, -0.1) is 0 Å². The molecule has 78 heavy (non-hydrogen) atoms. The number of hydrogen-bond acceptors (Lipinski definition) is 6. The fourth-order valence-corrected chi connectivity index (χ4v) is 9.32. The van der Waals surface area contributed by atoms with Crippen LogP contribution >= 0.6 is 0 Å². The maximum Gasteiger partial charge on any atom is 0.306 e. The minimum Gasteiger partial charge on any atom is -0.462 e. The van der Waals surface area contributed by atoms with Gasteiger partial charge in [-0.05, 0) is 122 Å². The number of esters is 3. The first-order valence-corrected chi connectivity index (χ1v) is 33.2. The van der Waals surface area contributed by atoms with E-state index in [0.717, 1.165) is 116 Å². The normalized spacial score (nSPS) is 12.7. The maximum absolute atomic E-state index is 12.9. The van der Waals surface area contributed by atoms with Crippen LogP contribution in [0.2, 0.25) is 0 Å². The maximum atomic E-state index is 12.9. The van der Waals surface area contributed by atoms with Crippen LogP contribution in [0.25, 0.3) is 0 Å². The summed E-state index contributed by atoms with van der Waals surface area (Å²) < 4.78 is 16.9. The number of allylic oxidation sites excluding steroid dienone is 16. The van der Waals surface area contributed by atoms with Crippen LogP contribution in [-0.4, -0.2) is 37.2 Å². The van der Waals surface area contributed by atoms with Crippen molar-refractivity contribution in [2.45, 2.75) is 329 Å². The van der Waals surface area contributed by atoms with Crippen molar-refractivity contribution >= 4 is 17.9 Å². The van der Waals surface area contributed by atoms with Crippen LogP contribution in [0.1, 0.15) is 323 Å². The van der Waals surface area contributed by atoms with Crippen LogP contribution in [0.3, 0.4) is 0 Å². The summed E-state index contributed by atoms with van der Waals surface area (Å²) in [6.07, 6.45) is 88.4. The van der Waals surface area contributed by atoms with Gasteiger partial charge in [-0.25, -0.2) is 0 Å². The van der Waals surface area contributed by atoms with Gasteiger partial charge in [0, 0.05) is 19.3 Å². The Balaban J connectivity index is 4.36. The highest BCUT2D eigenvalue weighted by Gasteiger charge is 2.19. The molecule has 0 aromatic heterocycles. The van der Waals surface area contributed by atoms with Gasteiger partial charge in [-0.3, -0.25) is 14.4 Å². The molecule has 1 unspecified atom stereocenters. The molecule has 0 heterocycles. The molecule has 6 heteroatoms. The summed E-state index contributed by atoms with van der Waals surface area (Å²) in [6.45, 7) is 6.52. The Morgan fingerprint density at radius 1 is 0.269 bits per heavy atom. The molecule has 0 rings (SSSR count). The van der Waals surface area contributed by atoms with E-state index >= 15 is 0 Å². The Bertz CT molecular complexity index is 1530. The van der Waals surface area contributed by atoms with Crippen LogP contribution in [0.5, 0.6) is 0 Å². The molecule has 0 fully saturated rings. The third-order valence-corrected chi connectivity index (χ3v) is 14.3. The van der Waals surface area contributed by atoms with E-state index in [1.165, 1.54) is 167 Å². The summed E-state index contributed by atoms with van der Waals surface area (Å²) in [4.78, 5) is 38.4. The number of unbranched alkanes of at least 4 members (excludes halogenated alkanes) is 33. The minimum atomic E-state index is -0.791. The monoisotopic (exact) mass is 1080 g/mol. The lowest BCUT2D eigenvalue weighted by atomic mass is 10.0. The first-order chi connectivity index (χ1) is 38.5. The largest absolute Gasteiger partial charge is 0.462 e. The number of hydrogen-bond donors (Lipinski definition) is 0. The molecule has 0 N–H and O–H groups in total. The molecule has 0 aliphatic carbocycles. The van der Waals surface area contributed by atoms with Crippen molar-refractivity contribution in [1.29, 1.82) is 0 Å². The van der Waals surface area contributed by atoms with Gasteiger partial charge < -0.3 is 14.2 Å². The van der Waals surface area contributed by atoms with Gasteiger partial charge in [0.05, 0.1) is 0 Å². The zero-order valence-corrected chi connectivity index (χ0v) is 51.4. The molecule has 0 amide bonds. The van der Waals surface area contributed by atoms with Crippen molar-refractivity contribution in [3.05, 3.63) is 97.2 Å². The topological polar surface area (TPSA) is 78.9 Å². The SMILES string of the molecule is CC/C=C\C/C=C\C/C=C\C/C=C\CCCCCCCCCCCCCCC(=O)OCC(COC(=O)CCCCCCC/C=C\CCCCCCC)OC(=O)CCCCCCCC/C=C\C/C=C\C/C=C\CCCCCCC. The summed E-state index contributed by atoms with van der Waals surface area (Å²) in [5.74, 6) is -0.897. The van der Waals surface area contributed by atoms with Gasteiger partial charge in [0.15, 0.2) is 6.10 Å². The van der Waals surface area contributed by atoms with Crippen molar-refractivity contribution in [3.63, 3.8) is 0 Å². The lowest BCUT2D eigenvalue weighted by Crippen LogP contribution is -2.30. The van der Waals surface area contributed by atoms with E-state index in [2.05, 4.69) is 118 Å². The molecule has 6 nitrogen and oxygen atoms in total. The Morgan fingerprint density at radius 3 is 0.795 bits per heavy atom. The van der Waals surface area contributed by atoms with Gasteiger partial charge in [-0.1, -0.05) is 279 Å². The highest BCUT2D eigenvalue weighted by atomic mass is 16.6. The quantitative estimate of drug-likeness (QED) is 0.0261. The summed E-state index contributed by atoms with van der Waals surface area (Å²) in [5.41, 5.74) is 0. The molecular formula is C72H124O6. The second-order valence-corrected chi connectivity index (χ2v) is 22.0. The molecule has 0 aromatic rings. The number of carbonyl (C=O) groups is 3. The van der Waals surface area contributed by atoms with Gasteiger partial charge in [-0.2, -0.15) is 0 Å². The Kier molecular flexibility index (Phi) is 62.7. The summed E-state index contributed by atoms with van der Waals surface area (Å²) in [6, 6.07) is 0. The van der Waals surface area contributed by atoms with E-state index in [1.54, 1.807) is 0 Å². The molecular weight excluding hydrogens is 961 g/mol. The van der Waals surface area contributed by atoms with Crippen LogP contribution in [0, 0.1) is 0 Å². The predicted molar refractivity (Wildman–Crippen MR) is 339 cm³/mol. The van der Waals surface area contributed by atoms with Gasteiger partial charge >= 0.3 is 17.9 Å². The average molecular weight is 1090 g/mol. The number of rotatable bonds is 60. The Labute approximate surface area is 483 Å². The standard InChI is InChI=1S/C72H124O6/c1-4-7-10-13-16-19-22-25-28-30-32-34-35-36-37-39-40-42-44-47-50-53-56-59-62-65-71(74)77-68-69(67-76-70(73)64-61-58-55-52-49-46-27-24-21-18-15-12-9-6-3)78-72(75)66-63-60-57-54-51-48-45-43-41-38-33-31-29-26-23-20-17-14-11-8-5-2/h7,10,16,19,23-28,31-34,41,43,69H,4-6,8-9,11-15,17-18,20-22,29-30,35-40,42,44-68H2,1-3H3/b10-7-,19-16-,26-23-,27-24-,28-25-,33-31-,34-32-,43-41-.